The normalized spacial score (nSPS) is 12.3. The van der Waals surface area contributed by atoms with Crippen molar-refractivity contribution in [2.45, 2.75) is 25.8 Å². The summed E-state index contributed by atoms with van der Waals surface area (Å²) in [5.41, 5.74) is 8.01. The quantitative estimate of drug-likeness (QED) is 0.694. The monoisotopic (exact) mass is 290 g/mol. The Labute approximate surface area is 121 Å². The molecule has 0 saturated carbocycles. The number of hydrogen-bond donors (Lipinski definition) is 3. The fraction of sp³-hybridized carbons (Fsp3) is 0.333. The van der Waals surface area contributed by atoms with Crippen LogP contribution in [0.5, 0.6) is 0 Å². The molecular weight excluding hydrogens is 272 g/mol. The molecule has 112 valence electrons. The van der Waals surface area contributed by atoms with Crippen molar-refractivity contribution in [3.8, 4) is 0 Å². The average molecular weight is 290 g/mol. The van der Waals surface area contributed by atoms with Crippen molar-refractivity contribution < 1.29 is 19.4 Å². The molecule has 4 N–H and O–H groups in total. The number of nitrogens with one attached hydrogen (secondary N) is 1. The summed E-state index contributed by atoms with van der Waals surface area (Å²) >= 11 is 0. The molecule has 1 aromatic carbocycles. The van der Waals surface area contributed by atoms with Crippen LogP contribution in [0.3, 0.4) is 0 Å². The van der Waals surface area contributed by atoms with Gasteiger partial charge in [0.15, 0.2) is 0 Å². The second-order valence-corrected chi connectivity index (χ2v) is 4.76. The molecule has 1 atom stereocenters. The van der Waals surface area contributed by atoms with Gasteiger partial charge in [0.1, 0.15) is 6.04 Å². The first kappa shape index (κ1) is 15.1. The number of ether oxygens (including phenoxy) is 1. The SMILES string of the molecule is CCOC(=O)[C@@H](N)Cc1c(CC(=O)O)[nH]c2ccccc12. The Morgan fingerprint density at radius 1 is 1.38 bits per heavy atom. The largest absolute Gasteiger partial charge is 0.481 e. The Balaban J connectivity index is 2.35. The molecule has 0 unspecified atom stereocenters. The van der Waals surface area contributed by atoms with Crippen LogP contribution < -0.4 is 5.73 Å². The van der Waals surface area contributed by atoms with Crippen LogP contribution >= 0.6 is 0 Å². The number of aromatic nitrogens is 1. The van der Waals surface area contributed by atoms with Gasteiger partial charge < -0.3 is 20.6 Å². The van der Waals surface area contributed by atoms with E-state index in [9.17, 15) is 9.59 Å². The van der Waals surface area contributed by atoms with Gasteiger partial charge in [-0.15, -0.1) is 0 Å². The molecule has 0 amide bonds. The summed E-state index contributed by atoms with van der Waals surface area (Å²) in [4.78, 5) is 25.7. The zero-order valence-corrected chi connectivity index (χ0v) is 11.8. The van der Waals surface area contributed by atoms with E-state index >= 15 is 0 Å². The highest BCUT2D eigenvalue weighted by atomic mass is 16.5. The van der Waals surface area contributed by atoms with Crippen LogP contribution in [-0.4, -0.2) is 34.7 Å². The Kier molecular flexibility index (Phi) is 4.59. The number of carboxylic acids is 1. The van der Waals surface area contributed by atoms with Crippen molar-refractivity contribution in [1.29, 1.82) is 0 Å². The van der Waals surface area contributed by atoms with Crippen molar-refractivity contribution in [3.63, 3.8) is 0 Å². The van der Waals surface area contributed by atoms with Crippen molar-refractivity contribution in [2.75, 3.05) is 6.61 Å². The number of aliphatic carboxylic acids is 1. The van der Waals surface area contributed by atoms with Gasteiger partial charge >= 0.3 is 11.9 Å². The maximum absolute atomic E-state index is 11.7. The summed E-state index contributed by atoms with van der Waals surface area (Å²) in [7, 11) is 0. The van der Waals surface area contributed by atoms with E-state index in [2.05, 4.69) is 4.98 Å². The zero-order chi connectivity index (χ0) is 15.4. The van der Waals surface area contributed by atoms with E-state index in [-0.39, 0.29) is 19.4 Å². The van der Waals surface area contributed by atoms with E-state index in [1.165, 1.54) is 0 Å². The Bertz CT molecular complexity index is 663. The summed E-state index contributed by atoms with van der Waals surface area (Å²) in [6, 6.07) is 6.65. The maximum atomic E-state index is 11.7. The van der Waals surface area contributed by atoms with E-state index in [0.29, 0.717) is 5.69 Å². The number of carboxylic acid groups (broad SMARTS) is 1. The van der Waals surface area contributed by atoms with Crippen molar-refractivity contribution in [1.82, 2.24) is 4.98 Å². The molecule has 0 bridgehead atoms. The van der Waals surface area contributed by atoms with Gasteiger partial charge in [0.05, 0.1) is 13.0 Å². The van der Waals surface area contributed by atoms with Crippen LogP contribution in [0.25, 0.3) is 10.9 Å². The number of carbonyl (C=O) groups excluding carboxylic acids is 1. The highest BCUT2D eigenvalue weighted by molar-refractivity contribution is 5.87. The number of hydrogen-bond acceptors (Lipinski definition) is 4. The van der Waals surface area contributed by atoms with Crippen LogP contribution in [0, 0.1) is 0 Å². The summed E-state index contributed by atoms with van der Waals surface area (Å²) in [5, 5.41) is 9.88. The first-order valence-electron chi connectivity index (χ1n) is 6.75. The number of carbonyl (C=O) groups is 2. The molecule has 1 aromatic heterocycles. The Hall–Kier alpha value is -2.34. The summed E-state index contributed by atoms with van der Waals surface area (Å²) < 4.78 is 4.90. The number of benzene rings is 1. The van der Waals surface area contributed by atoms with E-state index in [1.807, 2.05) is 24.3 Å². The lowest BCUT2D eigenvalue weighted by Crippen LogP contribution is -2.34. The number of para-hydroxylation sites is 1. The van der Waals surface area contributed by atoms with E-state index < -0.39 is 18.0 Å². The third kappa shape index (κ3) is 3.41. The number of nitrogens with two attached hydrogens (primary N) is 1. The topological polar surface area (TPSA) is 105 Å². The summed E-state index contributed by atoms with van der Waals surface area (Å²) in [6.45, 7) is 1.98. The molecule has 6 heteroatoms. The highest BCUT2D eigenvalue weighted by Crippen LogP contribution is 2.24. The lowest BCUT2D eigenvalue weighted by atomic mass is 10.0. The van der Waals surface area contributed by atoms with Gasteiger partial charge in [-0.25, -0.2) is 0 Å². The van der Waals surface area contributed by atoms with Gasteiger partial charge in [0, 0.05) is 23.0 Å². The Morgan fingerprint density at radius 3 is 2.76 bits per heavy atom. The fourth-order valence-corrected chi connectivity index (χ4v) is 2.34. The molecule has 0 radical (unpaired) electrons. The van der Waals surface area contributed by atoms with Gasteiger partial charge in [0.25, 0.3) is 0 Å². The maximum Gasteiger partial charge on any atom is 0.323 e. The molecule has 21 heavy (non-hydrogen) atoms. The van der Waals surface area contributed by atoms with Crippen molar-refractivity contribution in [2.24, 2.45) is 5.73 Å². The predicted octanol–water partition coefficient (Wildman–Crippen LogP) is 1.23. The second-order valence-electron chi connectivity index (χ2n) is 4.76. The number of rotatable bonds is 6. The molecular formula is C15H18N2O4. The van der Waals surface area contributed by atoms with Crippen molar-refractivity contribution in [3.05, 3.63) is 35.5 Å². The molecule has 1 heterocycles. The molecule has 0 aliphatic heterocycles. The van der Waals surface area contributed by atoms with Crippen molar-refractivity contribution >= 4 is 22.8 Å². The number of esters is 1. The molecule has 0 saturated heterocycles. The molecule has 2 aromatic rings. The van der Waals surface area contributed by atoms with Crippen LogP contribution in [0.4, 0.5) is 0 Å². The third-order valence-corrected chi connectivity index (χ3v) is 3.24. The minimum absolute atomic E-state index is 0.139. The van der Waals surface area contributed by atoms with Gasteiger partial charge in [-0.05, 0) is 18.6 Å². The standard InChI is InChI=1S/C15H18N2O4/c1-2-21-15(20)11(16)7-10-9-5-3-4-6-12(9)17-13(10)8-14(18)19/h3-6,11,17H,2,7-8,16H2,1H3,(H,18,19)/t11-/m0/s1. The molecule has 0 aliphatic rings. The zero-order valence-electron chi connectivity index (χ0n) is 11.8. The van der Waals surface area contributed by atoms with Crippen LogP contribution in [0.1, 0.15) is 18.2 Å². The fourth-order valence-electron chi connectivity index (χ4n) is 2.34. The minimum Gasteiger partial charge on any atom is -0.481 e. The number of fused-ring (bicyclic) bond motifs is 1. The first-order chi connectivity index (χ1) is 10.0. The van der Waals surface area contributed by atoms with Gasteiger partial charge in [0.2, 0.25) is 0 Å². The third-order valence-electron chi connectivity index (χ3n) is 3.24. The summed E-state index contributed by atoms with van der Waals surface area (Å²) in [5.74, 6) is -1.42. The van der Waals surface area contributed by atoms with Gasteiger partial charge in [-0.2, -0.15) is 0 Å². The molecule has 0 aliphatic carbocycles. The highest BCUT2D eigenvalue weighted by Gasteiger charge is 2.21. The van der Waals surface area contributed by atoms with Crippen LogP contribution in [0.2, 0.25) is 0 Å². The van der Waals surface area contributed by atoms with Crippen LogP contribution in [0.15, 0.2) is 24.3 Å². The van der Waals surface area contributed by atoms with E-state index in [0.717, 1.165) is 16.5 Å². The number of aromatic amines is 1. The van der Waals surface area contributed by atoms with E-state index in [4.69, 9.17) is 15.6 Å². The average Bonchev–Trinajstić information content (AvgIpc) is 2.76. The molecule has 2 rings (SSSR count). The predicted molar refractivity (Wildman–Crippen MR) is 78.0 cm³/mol. The number of H-pyrrole nitrogens is 1. The summed E-state index contributed by atoms with van der Waals surface area (Å²) in [6.07, 6.45) is 0.102. The van der Waals surface area contributed by atoms with Crippen LogP contribution in [-0.2, 0) is 27.2 Å². The molecule has 0 fully saturated rings. The molecule has 6 nitrogen and oxygen atoms in total. The van der Waals surface area contributed by atoms with Gasteiger partial charge in [-0.1, -0.05) is 18.2 Å². The first-order valence-corrected chi connectivity index (χ1v) is 6.75. The van der Waals surface area contributed by atoms with Gasteiger partial charge in [-0.3, -0.25) is 9.59 Å². The van der Waals surface area contributed by atoms with E-state index in [1.54, 1.807) is 6.92 Å². The lowest BCUT2D eigenvalue weighted by molar-refractivity contribution is -0.144. The minimum atomic E-state index is -0.937. The smallest absolute Gasteiger partial charge is 0.323 e. The lowest BCUT2D eigenvalue weighted by Gasteiger charge is -2.11. The second kappa shape index (κ2) is 6.41. The Morgan fingerprint density at radius 2 is 2.10 bits per heavy atom. The molecule has 0 spiro atoms.